The average molecular weight is 713 g/mol. The van der Waals surface area contributed by atoms with Crippen LogP contribution in [0.3, 0.4) is 0 Å². The van der Waals surface area contributed by atoms with E-state index < -0.39 is 0 Å². The second kappa shape index (κ2) is 14.0. The lowest BCUT2D eigenvalue weighted by Gasteiger charge is -2.30. The number of ether oxygens (including phenoxy) is 4. The molecule has 274 valence electrons. The van der Waals surface area contributed by atoms with Gasteiger partial charge in [-0.05, 0) is 126 Å². The standard InChI is InChI=1S/C44H48N4O5/c49-44-36-6-3-28(18-30(36)10-12-46-44)25-48-27-35(21-39(48)32-5-8-41-43(23-32)53-17-15-51-41)37-20-33-24-45-11-9-29(33)19-34(37)26-47-13-1-2-38(47)31-4-7-40-42(22-31)52-16-14-50-40/h3-8,18-20,22-23,35,38-39,45H,1-2,9-17,21,24-27H2,(H,46,49)/t35?,38-,39-/m1/s1. The van der Waals surface area contributed by atoms with Crippen molar-refractivity contribution in [3.05, 3.63) is 117 Å². The predicted octanol–water partition coefficient (Wildman–Crippen LogP) is 6.23. The Kier molecular flexibility index (Phi) is 8.73. The van der Waals surface area contributed by atoms with Crippen molar-refractivity contribution in [3.8, 4) is 23.0 Å². The zero-order valence-electron chi connectivity index (χ0n) is 30.3. The minimum absolute atomic E-state index is 0.0387. The number of hydrogen-bond donors (Lipinski definition) is 2. The molecule has 3 atom stereocenters. The molecule has 0 bridgehead atoms. The summed E-state index contributed by atoms with van der Waals surface area (Å²) >= 11 is 0. The van der Waals surface area contributed by atoms with Crippen LogP contribution in [0, 0.1) is 0 Å². The van der Waals surface area contributed by atoms with Crippen molar-refractivity contribution in [2.24, 2.45) is 0 Å². The number of fused-ring (bicyclic) bond motifs is 4. The average Bonchev–Trinajstić information content (AvgIpc) is 3.84. The fourth-order valence-electron chi connectivity index (χ4n) is 9.73. The molecule has 6 heterocycles. The smallest absolute Gasteiger partial charge is 0.251 e. The van der Waals surface area contributed by atoms with Crippen LogP contribution in [0.4, 0.5) is 0 Å². The summed E-state index contributed by atoms with van der Waals surface area (Å²) in [5.74, 6) is 3.81. The van der Waals surface area contributed by atoms with E-state index in [1.165, 1.54) is 45.4 Å². The highest BCUT2D eigenvalue weighted by Crippen LogP contribution is 2.46. The summed E-state index contributed by atoms with van der Waals surface area (Å²) in [5, 5.41) is 6.64. The van der Waals surface area contributed by atoms with Gasteiger partial charge in [-0.1, -0.05) is 36.4 Å². The van der Waals surface area contributed by atoms with Gasteiger partial charge in [0.25, 0.3) is 5.91 Å². The van der Waals surface area contributed by atoms with Crippen LogP contribution in [-0.4, -0.2) is 68.3 Å². The van der Waals surface area contributed by atoms with Gasteiger partial charge in [-0.2, -0.15) is 0 Å². The van der Waals surface area contributed by atoms with Crippen molar-refractivity contribution in [3.63, 3.8) is 0 Å². The van der Waals surface area contributed by atoms with E-state index >= 15 is 0 Å². The minimum Gasteiger partial charge on any atom is -0.486 e. The molecule has 6 aliphatic heterocycles. The van der Waals surface area contributed by atoms with Crippen molar-refractivity contribution in [2.45, 2.75) is 69.7 Å². The molecule has 0 saturated carbocycles. The Bertz CT molecular complexity index is 2050. The van der Waals surface area contributed by atoms with Gasteiger partial charge in [0.05, 0.1) is 0 Å². The normalized spacial score (nSPS) is 23.7. The van der Waals surface area contributed by atoms with Gasteiger partial charge in [-0.25, -0.2) is 0 Å². The Labute approximate surface area is 311 Å². The number of amides is 1. The third-order valence-corrected chi connectivity index (χ3v) is 12.3. The fourth-order valence-corrected chi connectivity index (χ4v) is 9.73. The molecule has 2 fully saturated rings. The molecule has 0 aliphatic carbocycles. The molecule has 6 aliphatic rings. The molecule has 1 amide bonds. The summed E-state index contributed by atoms with van der Waals surface area (Å²) in [5.41, 5.74) is 11.7. The molecule has 0 aromatic heterocycles. The third kappa shape index (κ3) is 6.43. The van der Waals surface area contributed by atoms with E-state index in [2.05, 4.69) is 81.1 Å². The van der Waals surface area contributed by atoms with Gasteiger partial charge in [-0.15, -0.1) is 0 Å². The largest absolute Gasteiger partial charge is 0.486 e. The Morgan fingerprint density at radius 3 is 2.21 bits per heavy atom. The van der Waals surface area contributed by atoms with Crippen LogP contribution in [0.15, 0.2) is 66.7 Å². The van der Waals surface area contributed by atoms with Crippen molar-refractivity contribution >= 4 is 5.91 Å². The zero-order chi connectivity index (χ0) is 35.3. The summed E-state index contributed by atoms with van der Waals surface area (Å²) in [6.07, 6.45) is 5.31. The molecule has 9 heteroatoms. The van der Waals surface area contributed by atoms with Crippen LogP contribution in [0.1, 0.15) is 92.1 Å². The number of benzene rings is 4. The molecular formula is C44H48N4O5. The lowest BCUT2D eigenvalue weighted by atomic mass is 9.86. The monoisotopic (exact) mass is 712 g/mol. The quantitative estimate of drug-likeness (QED) is 0.234. The lowest BCUT2D eigenvalue weighted by Crippen LogP contribution is -2.32. The maximum absolute atomic E-state index is 12.5. The third-order valence-electron chi connectivity index (χ3n) is 12.3. The SMILES string of the molecule is O=C1NCCc2cc(CN3CC(c4cc5c(cc4CN4CCC[C@@H]4c4ccc6c(c4)OCCO6)CCNC5)C[C@@H]3c3ccc4c(c3)OCCO4)ccc21. The van der Waals surface area contributed by atoms with E-state index in [1.54, 1.807) is 0 Å². The second-order valence-electron chi connectivity index (χ2n) is 15.6. The lowest BCUT2D eigenvalue weighted by molar-refractivity contribution is 0.0946. The molecule has 1 unspecified atom stereocenters. The molecule has 4 aromatic rings. The Balaban J connectivity index is 0.986. The highest BCUT2D eigenvalue weighted by atomic mass is 16.6. The molecule has 9 nitrogen and oxygen atoms in total. The number of carbonyl (C=O) groups excluding carboxylic acids is 1. The van der Waals surface area contributed by atoms with E-state index in [-0.39, 0.29) is 11.9 Å². The minimum atomic E-state index is 0.0387. The van der Waals surface area contributed by atoms with Crippen LogP contribution in [0.25, 0.3) is 0 Å². The van der Waals surface area contributed by atoms with Crippen LogP contribution in [-0.2, 0) is 32.5 Å². The first-order valence-electron chi connectivity index (χ1n) is 19.7. The van der Waals surface area contributed by atoms with Gasteiger partial charge >= 0.3 is 0 Å². The van der Waals surface area contributed by atoms with Crippen molar-refractivity contribution in [1.29, 1.82) is 0 Å². The van der Waals surface area contributed by atoms with Gasteiger partial charge in [0.1, 0.15) is 26.4 Å². The topological polar surface area (TPSA) is 84.5 Å². The summed E-state index contributed by atoms with van der Waals surface area (Å²) in [6.45, 7) is 8.84. The Morgan fingerprint density at radius 2 is 1.42 bits per heavy atom. The molecule has 2 saturated heterocycles. The number of nitrogens with one attached hydrogen (secondary N) is 2. The predicted molar refractivity (Wildman–Crippen MR) is 202 cm³/mol. The van der Waals surface area contributed by atoms with Gasteiger partial charge in [0.15, 0.2) is 23.0 Å². The maximum Gasteiger partial charge on any atom is 0.251 e. The number of hydrogen-bond acceptors (Lipinski definition) is 8. The van der Waals surface area contributed by atoms with Crippen molar-refractivity contribution in [2.75, 3.05) is 52.6 Å². The van der Waals surface area contributed by atoms with Gasteiger partial charge in [0, 0.05) is 50.4 Å². The molecule has 2 N–H and O–H groups in total. The number of rotatable bonds is 7. The van der Waals surface area contributed by atoms with Gasteiger partial charge in [-0.3, -0.25) is 14.6 Å². The summed E-state index contributed by atoms with van der Waals surface area (Å²) in [4.78, 5) is 17.9. The molecule has 10 rings (SSSR count). The molecular weight excluding hydrogens is 665 g/mol. The van der Waals surface area contributed by atoms with Crippen LogP contribution in [0.2, 0.25) is 0 Å². The van der Waals surface area contributed by atoms with Gasteiger partial charge < -0.3 is 29.6 Å². The van der Waals surface area contributed by atoms with E-state index in [0.29, 0.717) is 44.9 Å². The highest BCUT2D eigenvalue weighted by molar-refractivity contribution is 5.96. The first kappa shape index (κ1) is 33.0. The zero-order valence-corrected chi connectivity index (χ0v) is 30.3. The molecule has 53 heavy (non-hydrogen) atoms. The Hall–Kier alpha value is -4.57. The van der Waals surface area contributed by atoms with E-state index in [0.717, 1.165) is 99.1 Å². The van der Waals surface area contributed by atoms with E-state index in [1.807, 2.05) is 6.07 Å². The number of likely N-dealkylation sites (tertiary alicyclic amines) is 2. The molecule has 0 radical (unpaired) electrons. The first-order valence-corrected chi connectivity index (χ1v) is 19.7. The first-order chi connectivity index (χ1) is 26.1. The number of carbonyl (C=O) groups is 1. The van der Waals surface area contributed by atoms with E-state index in [9.17, 15) is 4.79 Å². The summed E-state index contributed by atoms with van der Waals surface area (Å²) in [7, 11) is 0. The van der Waals surface area contributed by atoms with Crippen LogP contribution in [0.5, 0.6) is 23.0 Å². The van der Waals surface area contributed by atoms with Crippen molar-refractivity contribution < 1.29 is 23.7 Å². The van der Waals surface area contributed by atoms with Crippen molar-refractivity contribution in [1.82, 2.24) is 20.4 Å². The molecule has 0 spiro atoms. The van der Waals surface area contributed by atoms with Crippen LogP contribution < -0.4 is 29.6 Å². The maximum atomic E-state index is 12.5. The van der Waals surface area contributed by atoms with Gasteiger partial charge in [0.2, 0.25) is 0 Å². The summed E-state index contributed by atoms with van der Waals surface area (Å²) in [6, 6.07) is 25.2. The van der Waals surface area contributed by atoms with Crippen LogP contribution >= 0.6 is 0 Å². The summed E-state index contributed by atoms with van der Waals surface area (Å²) < 4.78 is 23.9. The Morgan fingerprint density at radius 1 is 0.679 bits per heavy atom. The highest BCUT2D eigenvalue weighted by Gasteiger charge is 2.37. The molecule has 4 aromatic carbocycles. The fraction of sp³-hybridized carbons (Fsp3) is 0.432. The van der Waals surface area contributed by atoms with E-state index in [4.69, 9.17) is 18.9 Å². The number of nitrogens with zero attached hydrogens (tertiary/aromatic N) is 2. The second-order valence-corrected chi connectivity index (χ2v) is 15.6.